The first-order valence-corrected chi connectivity index (χ1v) is 7.89. The number of nitrogens with one attached hydrogen (secondary N) is 1. The van der Waals surface area contributed by atoms with E-state index in [4.69, 9.17) is 16.3 Å². The molecule has 20 heavy (non-hydrogen) atoms. The lowest BCUT2D eigenvalue weighted by molar-refractivity contribution is 0.0939. The quantitative estimate of drug-likeness (QED) is 0.845. The van der Waals surface area contributed by atoms with E-state index in [1.165, 1.54) is 11.3 Å². The molecule has 0 unspecified atom stereocenters. The summed E-state index contributed by atoms with van der Waals surface area (Å²) >= 11 is 10.7. The van der Waals surface area contributed by atoms with Crippen molar-refractivity contribution in [3.05, 3.63) is 49.6 Å². The van der Waals surface area contributed by atoms with E-state index in [-0.39, 0.29) is 11.9 Å². The van der Waals surface area contributed by atoms with Gasteiger partial charge in [0.15, 0.2) is 0 Å². The Balaban J connectivity index is 2.15. The molecule has 0 fully saturated rings. The first kappa shape index (κ1) is 15.4. The second kappa shape index (κ2) is 6.61. The number of hydrogen-bond acceptors (Lipinski definition) is 3. The van der Waals surface area contributed by atoms with Crippen molar-refractivity contribution in [2.75, 3.05) is 7.11 Å². The van der Waals surface area contributed by atoms with Gasteiger partial charge in [0.1, 0.15) is 5.75 Å². The minimum Gasteiger partial charge on any atom is -0.497 e. The van der Waals surface area contributed by atoms with Gasteiger partial charge in [0.25, 0.3) is 5.91 Å². The molecule has 0 radical (unpaired) electrons. The van der Waals surface area contributed by atoms with E-state index in [1.807, 2.05) is 19.1 Å². The standard InChI is InChI=1S/C14H13BrClNO2S/c1-8(12-5-6-13(16)20-12)17-14(18)10-7-9(19-2)3-4-11(10)15/h3-8H,1-2H3,(H,17,18)/t8-/m0/s1. The van der Waals surface area contributed by atoms with Crippen molar-refractivity contribution >= 4 is 44.8 Å². The van der Waals surface area contributed by atoms with Crippen molar-refractivity contribution in [2.24, 2.45) is 0 Å². The molecule has 1 heterocycles. The molecule has 0 spiro atoms. The van der Waals surface area contributed by atoms with Gasteiger partial charge in [-0.15, -0.1) is 11.3 Å². The van der Waals surface area contributed by atoms with Crippen LogP contribution in [0.1, 0.15) is 28.2 Å². The number of benzene rings is 1. The largest absolute Gasteiger partial charge is 0.497 e. The van der Waals surface area contributed by atoms with Gasteiger partial charge >= 0.3 is 0 Å². The molecule has 106 valence electrons. The van der Waals surface area contributed by atoms with Gasteiger partial charge in [0.2, 0.25) is 0 Å². The topological polar surface area (TPSA) is 38.3 Å². The van der Waals surface area contributed by atoms with Crippen LogP contribution in [0, 0.1) is 0 Å². The molecule has 0 saturated heterocycles. The highest BCUT2D eigenvalue weighted by Crippen LogP contribution is 2.28. The Kier molecular flexibility index (Phi) is 5.07. The Morgan fingerprint density at radius 2 is 2.15 bits per heavy atom. The Morgan fingerprint density at radius 1 is 1.40 bits per heavy atom. The molecule has 0 saturated carbocycles. The van der Waals surface area contributed by atoms with Crippen LogP contribution in [0.3, 0.4) is 0 Å². The van der Waals surface area contributed by atoms with Crippen molar-refractivity contribution in [2.45, 2.75) is 13.0 Å². The van der Waals surface area contributed by atoms with E-state index in [0.29, 0.717) is 15.6 Å². The molecule has 3 nitrogen and oxygen atoms in total. The van der Waals surface area contributed by atoms with Gasteiger partial charge in [-0.05, 0) is 53.2 Å². The third-order valence-electron chi connectivity index (χ3n) is 2.79. The van der Waals surface area contributed by atoms with Crippen molar-refractivity contribution in [3.8, 4) is 5.75 Å². The highest BCUT2D eigenvalue weighted by Gasteiger charge is 2.16. The third kappa shape index (κ3) is 3.53. The van der Waals surface area contributed by atoms with E-state index < -0.39 is 0 Å². The van der Waals surface area contributed by atoms with Gasteiger partial charge in [-0.1, -0.05) is 11.6 Å². The minimum atomic E-state index is -0.159. The summed E-state index contributed by atoms with van der Waals surface area (Å²) < 4.78 is 6.58. The lowest BCUT2D eigenvalue weighted by Crippen LogP contribution is -2.26. The normalized spacial score (nSPS) is 12.0. The van der Waals surface area contributed by atoms with Crippen LogP contribution >= 0.6 is 38.9 Å². The van der Waals surface area contributed by atoms with Gasteiger partial charge < -0.3 is 10.1 Å². The van der Waals surface area contributed by atoms with Crippen molar-refractivity contribution in [1.29, 1.82) is 0 Å². The van der Waals surface area contributed by atoms with E-state index in [2.05, 4.69) is 21.2 Å². The monoisotopic (exact) mass is 373 g/mol. The zero-order chi connectivity index (χ0) is 14.7. The number of carbonyl (C=O) groups is 1. The molecule has 1 aromatic heterocycles. The zero-order valence-electron chi connectivity index (χ0n) is 10.9. The molecular weight excluding hydrogens is 362 g/mol. The SMILES string of the molecule is COc1ccc(Br)c(C(=O)N[C@@H](C)c2ccc(Cl)s2)c1. The summed E-state index contributed by atoms with van der Waals surface area (Å²) in [6.45, 7) is 1.92. The number of amides is 1. The number of methoxy groups -OCH3 is 1. The van der Waals surface area contributed by atoms with Gasteiger partial charge in [-0.2, -0.15) is 0 Å². The van der Waals surface area contributed by atoms with Crippen LogP contribution in [-0.2, 0) is 0 Å². The molecule has 0 aliphatic heterocycles. The highest BCUT2D eigenvalue weighted by atomic mass is 79.9. The van der Waals surface area contributed by atoms with Crippen LogP contribution in [-0.4, -0.2) is 13.0 Å². The summed E-state index contributed by atoms with van der Waals surface area (Å²) in [5, 5.41) is 2.95. The lowest BCUT2D eigenvalue weighted by Gasteiger charge is -2.13. The summed E-state index contributed by atoms with van der Waals surface area (Å²) in [6, 6.07) is 8.93. The second-order valence-electron chi connectivity index (χ2n) is 4.18. The molecule has 2 aromatic rings. The van der Waals surface area contributed by atoms with E-state index in [1.54, 1.807) is 25.3 Å². The van der Waals surface area contributed by atoms with E-state index in [0.717, 1.165) is 9.35 Å². The smallest absolute Gasteiger partial charge is 0.253 e. The maximum absolute atomic E-state index is 12.3. The van der Waals surface area contributed by atoms with Crippen LogP contribution in [0.5, 0.6) is 5.75 Å². The number of thiophene rings is 1. The van der Waals surface area contributed by atoms with E-state index >= 15 is 0 Å². The van der Waals surface area contributed by atoms with E-state index in [9.17, 15) is 4.79 Å². The van der Waals surface area contributed by atoms with Gasteiger partial charge in [0.05, 0.1) is 23.1 Å². The minimum absolute atomic E-state index is 0.0990. The van der Waals surface area contributed by atoms with Crippen molar-refractivity contribution < 1.29 is 9.53 Å². The number of halogens is 2. The molecule has 2 rings (SSSR count). The maximum atomic E-state index is 12.3. The number of carbonyl (C=O) groups excluding carboxylic acids is 1. The summed E-state index contributed by atoms with van der Waals surface area (Å²) in [7, 11) is 1.57. The summed E-state index contributed by atoms with van der Waals surface area (Å²) in [5.41, 5.74) is 0.541. The third-order valence-corrected chi connectivity index (χ3v) is 4.89. The Morgan fingerprint density at radius 3 is 2.75 bits per heavy atom. The first-order chi connectivity index (χ1) is 9.51. The van der Waals surface area contributed by atoms with Crippen LogP contribution in [0.4, 0.5) is 0 Å². The fourth-order valence-corrected chi connectivity index (χ4v) is 3.20. The number of ether oxygens (including phenoxy) is 1. The van der Waals surface area contributed by atoms with Gasteiger partial charge in [-0.25, -0.2) is 0 Å². The number of hydrogen-bond donors (Lipinski definition) is 1. The van der Waals surface area contributed by atoms with Crippen LogP contribution in [0.25, 0.3) is 0 Å². The van der Waals surface area contributed by atoms with Crippen LogP contribution in [0.2, 0.25) is 4.34 Å². The predicted octanol–water partition coefficient (Wildman–Crippen LogP) is 4.66. The van der Waals surface area contributed by atoms with Crippen LogP contribution in [0.15, 0.2) is 34.8 Å². The van der Waals surface area contributed by atoms with Gasteiger partial charge in [0, 0.05) is 9.35 Å². The molecule has 0 bridgehead atoms. The summed E-state index contributed by atoms with van der Waals surface area (Å²) in [6.07, 6.45) is 0. The molecule has 0 aliphatic rings. The lowest BCUT2D eigenvalue weighted by atomic mass is 10.2. The average molecular weight is 375 g/mol. The number of rotatable bonds is 4. The molecule has 1 atom stereocenters. The molecule has 6 heteroatoms. The molecule has 1 N–H and O–H groups in total. The van der Waals surface area contributed by atoms with Gasteiger partial charge in [-0.3, -0.25) is 4.79 Å². The maximum Gasteiger partial charge on any atom is 0.253 e. The average Bonchev–Trinajstić information content (AvgIpc) is 2.86. The molecular formula is C14H13BrClNO2S. The van der Waals surface area contributed by atoms with Crippen molar-refractivity contribution in [1.82, 2.24) is 5.32 Å². The molecule has 1 amide bonds. The first-order valence-electron chi connectivity index (χ1n) is 5.91. The Bertz CT molecular complexity index is 629. The zero-order valence-corrected chi connectivity index (χ0v) is 14.1. The predicted molar refractivity (Wildman–Crippen MR) is 85.9 cm³/mol. The highest BCUT2D eigenvalue weighted by molar-refractivity contribution is 9.10. The van der Waals surface area contributed by atoms with Crippen LogP contribution < -0.4 is 10.1 Å². The Hall–Kier alpha value is -1.04. The summed E-state index contributed by atoms with van der Waals surface area (Å²) in [5.74, 6) is 0.484. The fraction of sp³-hybridized carbons (Fsp3) is 0.214. The van der Waals surface area contributed by atoms with Crippen molar-refractivity contribution in [3.63, 3.8) is 0 Å². The Labute approximate surface area is 135 Å². The molecule has 0 aliphatic carbocycles. The summed E-state index contributed by atoms with van der Waals surface area (Å²) in [4.78, 5) is 13.3. The second-order valence-corrected chi connectivity index (χ2v) is 6.78. The fourth-order valence-electron chi connectivity index (χ4n) is 1.71. The molecule has 1 aromatic carbocycles.